The van der Waals surface area contributed by atoms with Gasteiger partial charge in [0.2, 0.25) is 0 Å². The van der Waals surface area contributed by atoms with Crippen molar-refractivity contribution in [3.8, 4) is 0 Å². The summed E-state index contributed by atoms with van der Waals surface area (Å²) in [4.78, 5) is 2.33. The van der Waals surface area contributed by atoms with E-state index in [0.717, 1.165) is 11.9 Å². The van der Waals surface area contributed by atoms with Gasteiger partial charge in [-0.15, -0.1) is 0 Å². The summed E-state index contributed by atoms with van der Waals surface area (Å²) in [5, 5.41) is 1.02. The first-order valence-electron chi connectivity index (χ1n) is 5.29. The van der Waals surface area contributed by atoms with E-state index in [0.29, 0.717) is 5.41 Å². The highest BCUT2D eigenvalue weighted by molar-refractivity contribution is 9.09. The molecule has 0 amide bonds. The van der Waals surface area contributed by atoms with Crippen LogP contribution in [0, 0.1) is 12.3 Å². The molecule has 1 nitrogen and oxygen atoms in total. The molecule has 0 fully saturated rings. The van der Waals surface area contributed by atoms with Crippen molar-refractivity contribution in [2.75, 3.05) is 23.8 Å². The molecule has 15 heavy (non-hydrogen) atoms. The molecule has 0 unspecified atom stereocenters. The number of anilines is 1. The summed E-state index contributed by atoms with van der Waals surface area (Å²) in [6.07, 6.45) is 0. The van der Waals surface area contributed by atoms with Crippen LogP contribution in [0.25, 0.3) is 0 Å². The minimum atomic E-state index is 0.303. The largest absolute Gasteiger partial charge is 0.374 e. The van der Waals surface area contributed by atoms with Gasteiger partial charge < -0.3 is 4.90 Å². The molecule has 0 aliphatic rings. The number of rotatable bonds is 4. The number of hydrogen-bond donors (Lipinski definition) is 0. The number of para-hydroxylation sites is 1. The Labute approximate surface area is 102 Å². The molecule has 0 N–H and O–H groups in total. The van der Waals surface area contributed by atoms with Gasteiger partial charge >= 0.3 is 0 Å². The van der Waals surface area contributed by atoms with Gasteiger partial charge in [0, 0.05) is 24.6 Å². The highest BCUT2D eigenvalue weighted by atomic mass is 79.9. The molecular weight excluding hydrogens is 250 g/mol. The number of hydrogen-bond acceptors (Lipinski definition) is 1. The molecule has 0 atom stereocenters. The van der Waals surface area contributed by atoms with Crippen LogP contribution in [0.1, 0.15) is 19.4 Å². The number of alkyl halides is 1. The zero-order chi connectivity index (χ0) is 11.5. The van der Waals surface area contributed by atoms with Gasteiger partial charge in [0.15, 0.2) is 0 Å². The van der Waals surface area contributed by atoms with Crippen molar-refractivity contribution < 1.29 is 0 Å². The highest BCUT2D eigenvalue weighted by Crippen LogP contribution is 2.24. The smallest absolute Gasteiger partial charge is 0.0393 e. The Bertz CT molecular complexity index is 320. The molecule has 0 heterocycles. The molecule has 0 saturated carbocycles. The fraction of sp³-hybridized carbons (Fsp3) is 0.538. The first-order chi connectivity index (χ1) is 6.96. The SMILES string of the molecule is Cc1ccccc1N(C)CC(C)(C)CBr. The van der Waals surface area contributed by atoms with Crippen LogP contribution in [0.5, 0.6) is 0 Å². The lowest BCUT2D eigenvalue weighted by Crippen LogP contribution is -2.32. The summed E-state index contributed by atoms with van der Waals surface area (Å²) in [7, 11) is 2.16. The lowest BCUT2D eigenvalue weighted by molar-refractivity contribution is 0.432. The second kappa shape index (κ2) is 5.02. The average molecular weight is 270 g/mol. The minimum Gasteiger partial charge on any atom is -0.374 e. The van der Waals surface area contributed by atoms with Gasteiger partial charge in [-0.3, -0.25) is 0 Å². The van der Waals surface area contributed by atoms with E-state index in [1.807, 2.05) is 0 Å². The number of halogens is 1. The second-order valence-corrected chi connectivity index (χ2v) is 5.50. The normalized spacial score (nSPS) is 11.5. The Hall–Kier alpha value is -0.500. The minimum absolute atomic E-state index is 0.303. The zero-order valence-corrected chi connectivity index (χ0v) is 11.6. The Balaban J connectivity index is 2.78. The molecule has 2 heteroatoms. The van der Waals surface area contributed by atoms with Gasteiger partial charge in [-0.2, -0.15) is 0 Å². The molecule has 84 valence electrons. The monoisotopic (exact) mass is 269 g/mol. The van der Waals surface area contributed by atoms with Crippen molar-refractivity contribution in [2.24, 2.45) is 5.41 Å². The summed E-state index contributed by atoms with van der Waals surface area (Å²) >= 11 is 3.56. The van der Waals surface area contributed by atoms with Crippen molar-refractivity contribution in [2.45, 2.75) is 20.8 Å². The summed E-state index contributed by atoms with van der Waals surface area (Å²) in [5.41, 5.74) is 2.97. The van der Waals surface area contributed by atoms with Crippen molar-refractivity contribution in [1.82, 2.24) is 0 Å². The van der Waals surface area contributed by atoms with E-state index < -0.39 is 0 Å². The van der Waals surface area contributed by atoms with Gasteiger partial charge in [-0.25, -0.2) is 0 Å². The van der Waals surface area contributed by atoms with E-state index in [2.05, 4.69) is 72.9 Å². The maximum absolute atomic E-state index is 3.56. The van der Waals surface area contributed by atoms with Crippen LogP contribution in [0.2, 0.25) is 0 Å². The zero-order valence-electron chi connectivity index (χ0n) is 10.0. The van der Waals surface area contributed by atoms with E-state index >= 15 is 0 Å². The van der Waals surface area contributed by atoms with Gasteiger partial charge in [-0.1, -0.05) is 48.0 Å². The van der Waals surface area contributed by atoms with Crippen LogP contribution < -0.4 is 4.90 Å². The summed E-state index contributed by atoms with van der Waals surface area (Å²) in [6.45, 7) is 7.77. The van der Waals surface area contributed by atoms with E-state index in [-0.39, 0.29) is 0 Å². The van der Waals surface area contributed by atoms with E-state index in [9.17, 15) is 0 Å². The predicted molar refractivity (Wildman–Crippen MR) is 72.0 cm³/mol. The van der Waals surface area contributed by atoms with Gasteiger partial charge in [0.1, 0.15) is 0 Å². The van der Waals surface area contributed by atoms with Crippen molar-refractivity contribution in [1.29, 1.82) is 0 Å². The topological polar surface area (TPSA) is 3.24 Å². The number of benzene rings is 1. The predicted octanol–water partition coefficient (Wildman–Crippen LogP) is 3.85. The molecule has 1 rings (SSSR count). The maximum Gasteiger partial charge on any atom is 0.0393 e. The van der Waals surface area contributed by atoms with Crippen molar-refractivity contribution in [3.05, 3.63) is 29.8 Å². The lowest BCUT2D eigenvalue weighted by atomic mass is 9.95. The molecule has 0 aliphatic carbocycles. The van der Waals surface area contributed by atoms with Gasteiger partial charge in [0.05, 0.1) is 0 Å². The molecule has 0 radical (unpaired) electrons. The van der Waals surface area contributed by atoms with Crippen LogP contribution in [-0.2, 0) is 0 Å². The summed E-state index contributed by atoms with van der Waals surface area (Å²) in [6, 6.07) is 8.52. The molecule has 1 aromatic rings. The van der Waals surface area contributed by atoms with Crippen LogP contribution in [0.4, 0.5) is 5.69 Å². The fourth-order valence-corrected chi connectivity index (χ4v) is 1.94. The molecule has 0 saturated heterocycles. The van der Waals surface area contributed by atoms with Crippen molar-refractivity contribution in [3.63, 3.8) is 0 Å². The molecule has 0 aliphatic heterocycles. The number of nitrogens with zero attached hydrogens (tertiary/aromatic N) is 1. The van der Waals surface area contributed by atoms with E-state index in [4.69, 9.17) is 0 Å². The van der Waals surface area contributed by atoms with Crippen LogP contribution in [0.3, 0.4) is 0 Å². The molecule has 1 aromatic carbocycles. The van der Waals surface area contributed by atoms with E-state index in [1.54, 1.807) is 0 Å². The van der Waals surface area contributed by atoms with Crippen LogP contribution >= 0.6 is 15.9 Å². The highest BCUT2D eigenvalue weighted by Gasteiger charge is 2.19. The third kappa shape index (κ3) is 3.53. The van der Waals surface area contributed by atoms with E-state index in [1.165, 1.54) is 11.3 Å². The number of aryl methyl sites for hydroxylation is 1. The first kappa shape index (κ1) is 12.6. The Morgan fingerprint density at radius 2 is 1.87 bits per heavy atom. The van der Waals surface area contributed by atoms with Gasteiger partial charge in [-0.05, 0) is 24.0 Å². The Morgan fingerprint density at radius 3 is 2.40 bits per heavy atom. The van der Waals surface area contributed by atoms with Crippen molar-refractivity contribution >= 4 is 21.6 Å². The molecule has 0 bridgehead atoms. The molecule has 0 aromatic heterocycles. The summed E-state index contributed by atoms with van der Waals surface area (Å²) in [5.74, 6) is 0. The second-order valence-electron chi connectivity index (χ2n) is 4.94. The van der Waals surface area contributed by atoms with Gasteiger partial charge in [0.25, 0.3) is 0 Å². The average Bonchev–Trinajstić information content (AvgIpc) is 2.17. The standard InChI is InChI=1S/C13H20BrN/c1-11-7-5-6-8-12(11)15(4)10-13(2,3)9-14/h5-8H,9-10H2,1-4H3. The third-order valence-corrected chi connectivity index (χ3v) is 4.07. The third-order valence-electron chi connectivity index (χ3n) is 2.55. The van der Waals surface area contributed by atoms with Crippen LogP contribution in [-0.4, -0.2) is 18.9 Å². The summed E-state index contributed by atoms with van der Waals surface area (Å²) < 4.78 is 0. The Kier molecular flexibility index (Phi) is 4.21. The fourth-order valence-electron chi connectivity index (χ4n) is 1.76. The maximum atomic E-state index is 3.56. The molecule has 0 spiro atoms. The molecular formula is C13H20BrN. The Morgan fingerprint density at radius 1 is 1.27 bits per heavy atom. The lowest BCUT2D eigenvalue weighted by Gasteiger charge is -2.31. The first-order valence-corrected chi connectivity index (χ1v) is 6.41. The quantitative estimate of drug-likeness (QED) is 0.751. The van der Waals surface area contributed by atoms with Crippen LogP contribution in [0.15, 0.2) is 24.3 Å².